The summed E-state index contributed by atoms with van der Waals surface area (Å²) >= 11 is 5.33. The standard InChI is InChI=1S/C19H15F2N5OS/c1-10-4-3-5-11(8-10)26-17-15(18(27)23-19(26)28)12(16(20)21)9-14(22-17)13-6-7-25(2)24-13/h3-9,16H,1-2H3,(H,23,27,28). The molecule has 0 saturated carbocycles. The Kier molecular flexibility index (Phi) is 4.38. The van der Waals surface area contributed by atoms with Crippen LogP contribution in [0.4, 0.5) is 8.78 Å². The molecule has 0 fully saturated rings. The van der Waals surface area contributed by atoms with Crippen LogP contribution in [0.5, 0.6) is 0 Å². The van der Waals surface area contributed by atoms with E-state index in [1.54, 1.807) is 30.1 Å². The molecule has 4 aromatic rings. The van der Waals surface area contributed by atoms with Gasteiger partial charge in [-0.3, -0.25) is 19.0 Å². The molecule has 9 heteroatoms. The first kappa shape index (κ1) is 18.2. The Hall–Kier alpha value is -3.20. The molecule has 0 aliphatic carbocycles. The van der Waals surface area contributed by atoms with Crippen LogP contribution < -0.4 is 5.56 Å². The van der Waals surface area contributed by atoms with Crippen LogP contribution in [0.3, 0.4) is 0 Å². The molecule has 3 aromatic heterocycles. The van der Waals surface area contributed by atoms with Gasteiger partial charge in [-0.1, -0.05) is 12.1 Å². The van der Waals surface area contributed by atoms with E-state index in [2.05, 4.69) is 15.1 Å². The van der Waals surface area contributed by atoms with Crippen molar-refractivity contribution in [2.75, 3.05) is 0 Å². The highest BCUT2D eigenvalue weighted by Crippen LogP contribution is 2.30. The van der Waals surface area contributed by atoms with Gasteiger partial charge in [0.25, 0.3) is 12.0 Å². The number of pyridine rings is 1. The summed E-state index contributed by atoms with van der Waals surface area (Å²) in [5.41, 5.74) is 1.20. The molecule has 0 spiro atoms. The van der Waals surface area contributed by atoms with Gasteiger partial charge in [0, 0.05) is 18.8 Å². The van der Waals surface area contributed by atoms with Crippen LogP contribution in [0.2, 0.25) is 0 Å². The fraction of sp³-hybridized carbons (Fsp3) is 0.158. The lowest BCUT2D eigenvalue weighted by molar-refractivity contribution is 0.153. The number of hydrogen-bond acceptors (Lipinski definition) is 4. The zero-order valence-corrected chi connectivity index (χ0v) is 15.8. The number of nitrogens with one attached hydrogen (secondary N) is 1. The largest absolute Gasteiger partial charge is 0.298 e. The van der Waals surface area contributed by atoms with Gasteiger partial charge in [-0.05, 0) is 49.0 Å². The van der Waals surface area contributed by atoms with E-state index in [1.165, 1.54) is 10.6 Å². The predicted octanol–water partition coefficient (Wildman–Crippen LogP) is 4.09. The number of aromatic nitrogens is 5. The summed E-state index contributed by atoms with van der Waals surface area (Å²) in [6.45, 7) is 1.90. The number of fused-ring (bicyclic) bond motifs is 1. The molecule has 0 saturated heterocycles. The van der Waals surface area contributed by atoms with Gasteiger partial charge < -0.3 is 0 Å². The third-order valence-corrected chi connectivity index (χ3v) is 4.65. The number of aromatic amines is 1. The Morgan fingerprint density at radius 2 is 1.96 bits per heavy atom. The van der Waals surface area contributed by atoms with E-state index in [0.29, 0.717) is 11.4 Å². The summed E-state index contributed by atoms with van der Waals surface area (Å²) in [4.78, 5) is 19.5. The number of nitrogens with zero attached hydrogens (tertiary/aromatic N) is 4. The second kappa shape index (κ2) is 6.75. The van der Waals surface area contributed by atoms with E-state index >= 15 is 0 Å². The van der Waals surface area contributed by atoms with Crippen molar-refractivity contribution in [2.45, 2.75) is 13.3 Å². The number of aryl methyl sites for hydroxylation is 2. The van der Waals surface area contributed by atoms with Gasteiger partial charge in [0.05, 0.1) is 16.8 Å². The van der Waals surface area contributed by atoms with E-state index < -0.39 is 17.5 Å². The van der Waals surface area contributed by atoms with Crippen LogP contribution in [0.1, 0.15) is 17.6 Å². The van der Waals surface area contributed by atoms with E-state index in [-0.39, 0.29) is 21.5 Å². The number of hydrogen-bond donors (Lipinski definition) is 1. The average molecular weight is 399 g/mol. The number of H-pyrrole nitrogens is 1. The van der Waals surface area contributed by atoms with Crippen molar-refractivity contribution < 1.29 is 8.78 Å². The van der Waals surface area contributed by atoms with Crippen molar-refractivity contribution in [1.29, 1.82) is 0 Å². The Bertz CT molecular complexity index is 1320. The van der Waals surface area contributed by atoms with Crippen molar-refractivity contribution in [1.82, 2.24) is 24.3 Å². The second-order valence-corrected chi connectivity index (χ2v) is 6.79. The first-order valence-electron chi connectivity index (χ1n) is 8.40. The fourth-order valence-electron chi connectivity index (χ4n) is 3.12. The van der Waals surface area contributed by atoms with Crippen LogP contribution in [-0.4, -0.2) is 24.3 Å². The molecule has 1 N–H and O–H groups in total. The van der Waals surface area contributed by atoms with Crippen LogP contribution in [0.25, 0.3) is 28.1 Å². The molecular weight excluding hydrogens is 384 g/mol. The maximum atomic E-state index is 13.8. The van der Waals surface area contributed by atoms with E-state index in [0.717, 1.165) is 5.56 Å². The molecule has 0 aliphatic rings. The summed E-state index contributed by atoms with van der Waals surface area (Å²) in [7, 11) is 1.72. The molecular formula is C19H15F2N5OS. The maximum absolute atomic E-state index is 13.8. The van der Waals surface area contributed by atoms with Crippen LogP contribution >= 0.6 is 12.2 Å². The van der Waals surface area contributed by atoms with Crippen LogP contribution in [0, 0.1) is 11.7 Å². The topological polar surface area (TPSA) is 68.5 Å². The van der Waals surface area contributed by atoms with Gasteiger partial charge in [0.15, 0.2) is 10.4 Å². The van der Waals surface area contributed by atoms with Crippen molar-refractivity contribution in [3.05, 3.63) is 68.8 Å². The normalized spacial score (nSPS) is 11.5. The first-order valence-corrected chi connectivity index (χ1v) is 8.81. The lowest BCUT2D eigenvalue weighted by Gasteiger charge is -2.14. The summed E-state index contributed by atoms with van der Waals surface area (Å²) in [6.07, 6.45) is -1.18. The molecule has 1 aromatic carbocycles. The summed E-state index contributed by atoms with van der Waals surface area (Å²) in [5, 5.41) is 4.05. The number of benzene rings is 1. The van der Waals surface area contributed by atoms with Gasteiger partial charge >= 0.3 is 0 Å². The first-order chi connectivity index (χ1) is 13.3. The molecule has 28 heavy (non-hydrogen) atoms. The molecule has 0 unspecified atom stereocenters. The van der Waals surface area contributed by atoms with Gasteiger partial charge in [-0.2, -0.15) is 5.10 Å². The third-order valence-electron chi connectivity index (χ3n) is 4.36. The lowest BCUT2D eigenvalue weighted by atomic mass is 10.1. The Balaban J connectivity index is 2.17. The Morgan fingerprint density at radius 1 is 1.18 bits per heavy atom. The molecule has 0 radical (unpaired) electrons. The molecule has 0 atom stereocenters. The van der Waals surface area contributed by atoms with Gasteiger partial charge in [0.2, 0.25) is 0 Å². The molecule has 142 valence electrons. The van der Waals surface area contributed by atoms with Crippen LogP contribution in [0.15, 0.2) is 47.4 Å². The highest BCUT2D eigenvalue weighted by Gasteiger charge is 2.21. The molecule has 6 nitrogen and oxygen atoms in total. The highest BCUT2D eigenvalue weighted by atomic mass is 32.1. The predicted molar refractivity (Wildman–Crippen MR) is 104 cm³/mol. The monoisotopic (exact) mass is 399 g/mol. The minimum Gasteiger partial charge on any atom is -0.298 e. The quantitative estimate of drug-likeness (QED) is 0.527. The average Bonchev–Trinajstić information content (AvgIpc) is 3.07. The van der Waals surface area contributed by atoms with Gasteiger partial charge in [0.1, 0.15) is 5.69 Å². The minimum atomic E-state index is -2.86. The molecule has 0 bridgehead atoms. The zero-order chi connectivity index (χ0) is 20.0. The smallest absolute Gasteiger partial charge is 0.264 e. The van der Waals surface area contributed by atoms with Crippen molar-refractivity contribution in [2.24, 2.45) is 7.05 Å². The SMILES string of the molecule is Cc1cccc(-n2c(=S)[nH]c(=O)c3c(C(F)F)cc(-c4ccn(C)n4)nc32)c1. The molecule has 0 amide bonds. The van der Waals surface area contributed by atoms with Gasteiger partial charge in [-0.25, -0.2) is 13.8 Å². The number of rotatable bonds is 3. The molecule has 3 heterocycles. The zero-order valence-electron chi connectivity index (χ0n) is 15.0. The summed E-state index contributed by atoms with van der Waals surface area (Å²) in [6, 6.07) is 10.2. The molecule has 0 aliphatic heterocycles. The number of halogens is 2. The van der Waals surface area contributed by atoms with Crippen molar-refractivity contribution in [3.63, 3.8) is 0 Å². The van der Waals surface area contributed by atoms with E-state index in [9.17, 15) is 13.6 Å². The highest BCUT2D eigenvalue weighted by molar-refractivity contribution is 7.71. The fourth-order valence-corrected chi connectivity index (χ4v) is 3.40. The Labute approximate surface area is 163 Å². The summed E-state index contributed by atoms with van der Waals surface area (Å²) in [5.74, 6) is 0. The minimum absolute atomic E-state index is 0.0674. The Morgan fingerprint density at radius 3 is 2.61 bits per heavy atom. The second-order valence-electron chi connectivity index (χ2n) is 6.40. The van der Waals surface area contributed by atoms with E-state index in [1.807, 2.05) is 25.1 Å². The lowest BCUT2D eigenvalue weighted by Crippen LogP contribution is -2.17. The summed E-state index contributed by atoms with van der Waals surface area (Å²) < 4.78 is 30.8. The van der Waals surface area contributed by atoms with Crippen LogP contribution in [-0.2, 0) is 7.05 Å². The molecule has 4 rings (SSSR count). The van der Waals surface area contributed by atoms with Crippen molar-refractivity contribution in [3.8, 4) is 17.1 Å². The van der Waals surface area contributed by atoms with Gasteiger partial charge in [-0.15, -0.1) is 0 Å². The van der Waals surface area contributed by atoms with E-state index in [4.69, 9.17) is 12.2 Å². The maximum Gasteiger partial charge on any atom is 0.264 e. The third kappa shape index (κ3) is 3.03. The number of alkyl halides is 2. The van der Waals surface area contributed by atoms with Crippen molar-refractivity contribution >= 4 is 23.3 Å².